The highest BCUT2D eigenvalue weighted by Crippen LogP contribution is 2.56. The Labute approximate surface area is 856 Å². The molecule has 0 saturated carbocycles. The van der Waals surface area contributed by atoms with Gasteiger partial charge < -0.3 is 46.7 Å². The third-order valence-electron chi connectivity index (χ3n) is 29.9. The van der Waals surface area contributed by atoms with Gasteiger partial charge in [-0.3, -0.25) is 0 Å². The summed E-state index contributed by atoms with van der Waals surface area (Å²) >= 11 is 0. The molecule has 0 aliphatic carbocycles. The van der Waals surface area contributed by atoms with Crippen molar-refractivity contribution in [3.8, 4) is 102 Å². The van der Waals surface area contributed by atoms with Gasteiger partial charge in [-0.25, -0.2) is 0 Å². The van der Waals surface area contributed by atoms with Gasteiger partial charge in [0.25, 0.3) is 0 Å². The van der Waals surface area contributed by atoms with Crippen molar-refractivity contribution in [2.24, 2.45) is 0 Å². The molecule has 10 nitrogen and oxygen atoms in total. The molecular formula is C138H96N8O2. The van der Waals surface area contributed by atoms with Crippen molar-refractivity contribution in [3.63, 3.8) is 0 Å². The van der Waals surface area contributed by atoms with Crippen molar-refractivity contribution < 1.29 is 9.47 Å². The molecule has 6 aromatic heterocycles. The van der Waals surface area contributed by atoms with Gasteiger partial charge in [0.05, 0.1) is 89.5 Å². The van der Waals surface area contributed by atoms with E-state index < -0.39 is 0 Å². The summed E-state index contributed by atoms with van der Waals surface area (Å²) in [6.45, 7) is 8.43. The molecule has 2 aliphatic heterocycles. The molecule has 0 fully saturated rings. The molecule has 0 spiro atoms. The van der Waals surface area contributed by atoms with Crippen LogP contribution in [-0.4, -0.2) is 27.4 Å². The molecule has 28 aromatic rings. The van der Waals surface area contributed by atoms with E-state index in [1.54, 1.807) is 0 Å². The number of nitrogens with zero attached hydrogens (tertiary/aromatic N) is 8. The van der Waals surface area contributed by atoms with Crippen LogP contribution in [0.2, 0.25) is 0 Å². The Balaban J connectivity index is 0.000000107. The summed E-state index contributed by atoms with van der Waals surface area (Å²) in [5, 5.41) is 16.2. The van der Waals surface area contributed by atoms with Crippen molar-refractivity contribution in [1.29, 1.82) is 0 Å². The van der Waals surface area contributed by atoms with Crippen molar-refractivity contribution in [1.82, 2.24) is 27.4 Å². The van der Waals surface area contributed by atoms with E-state index >= 15 is 0 Å². The van der Waals surface area contributed by atoms with E-state index in [4.69, 9.17) is 9.47 Å². The monoisotopic (exact) mass is 1900 g/mol. The zero-order chi connectivity index (χ0) is 98.3. The highest BCUT2D eigenvalue weighted by atomic mass is 16.5. The summed E-state index contributed by atoms with van der Waals surface area (Å²) in [5.41, 5.74) is 38.1. The van der Waals surface area contributed by atoms with Gasteiger partial charge in [0, 0.05) is 94.0 Å². The van der Waals surface area contributed by atoms with E-state index in [2.05, 4.69) is 574 Å². The van der Waals surface area contributed by atoms with Crippen LogP contribution in [0.15, 0.2) is 510 Å². The molecule has 0 amide bonds. The van der Waals surface area contributed by atoms with E-state index in [1.807, 2.05) is 0 Å². The molecule has 0 unspecified atom stereocenters. The number of para-hydroxylation sites is 6. The third-order valence-corrected chi connectivity index (χ3v) is 29.9. The SMILES string of the molecule is Cc1ccc2c(c1)Oc1cc(C)ccc1N2c1ccc(-n2c3ccccc3c3ccc4c(cc(-c5ccccc5)n4-c4ccccc4)c32)cc1.Cc1ccc2c(c1)Oc1cc(C)ccc1N2c1cccc(-n2c3ccccc3c3ccc4c(cc(-c5ccccc5)n4-c4ccccc4)c32)c1.c1ccc(-c2cc3c(ccc4c5ccccc5n(-c5ccc(-c6c7ccccc7cc7ccccc67)cc5)c43)n2-c2ccccc2)cc1. The predicted molar refractivity (Wildman–Crippen MR) is 618 cm³/mol. The lowest BCUT2D eigenvalue weighted by molar-refractivity contribution is 0.476. The van der Waals surface area contributed by atoms with E-state index in [0.717, 1.165) is 96.9 Å². The fourth-order valence-electron chi connectivity index (χ4n) is 23.3. The Hall–Kier alpha value is -19.4. The number of hydrogen-bond donors (Lipinski definition) is 0. The second-order valence-electron chi connectivity index (χ2n) is 39.0. The minimum Gasteiger partial charge on any atom is -0.453 e. The molecule has 0 saturated heterocycles. The molecule has 8 heterocycles. The topological polar surface area (TPSA) is 54.5 Å². The van der Waals surface area contributed by atoms with Gasteiger partial charge in [0.15, 0.2) is 23.0 Å². The predicted octanol–water partition coefficient (Wildman–Crippen LogP) is 37.5. The second kappa shape index (κ2) is 35.3. The lowest BCUT2D eigenvalue weighted by atomic mass is 9.92. The summed E-state index contributed by atoms with van der Waals surface area (Å²) < 4.78 is 27.5. The Morgan fingerprint density at radius 3 is 0.784 bits per heavy atom. The smallest absolute Gasteiger partial charge is 0.151 e. The molecule has 10 heteroatoms. The number of hydrogen-bond acceptors (Lipinski definition) is 4. The van der Waals surface area contributed by atoms with Crippen LogP contribution >= 0.6 is 0 Å². The zero-order valence-corrected chi connectivity index (χ0v) is 81.9. The minimum absolute atomic E-state index is 0.864. The van der Waals surface area contributed by atoms with Crippen LogP contribution in [0, 0.1) is 27.7 Å². The molecule has 0 radical (unpaired) electrons. The van der Waals surface area contributed by atoms with Crippen LogP contribution in [0.1, 0.15) is 22.3 Å². The average molecular weight is 1900 g/mol. The largest absolute Gasteiger partial charge is 0.453 e. The average Bonchev–Trinajstić information content (AvgIpc) is 1.56. The molecule has 30 rings (SSSR count). The maximum Gasteiger partial charge on any atom is 0.151 e. The maximum atomic E-state index is 6.49. The lowest BCUT2D eigenvalue weighted by Gasteiger charge is -2.33. The van der Waals surface area contributed by atoms with Crippen molar-refractivity contribution in [2.45, 2.75) is 27.7 Å². The van der Waals surface area contributed by atoms with Gasteiger partial charge in [-0.1, -0.05) is 309 Å². The second-order valence-corrected chi connectivity index (χ2v) is 39.0. The van der Waals surface area contributed by atoms with Gasteiger partial charge in [-0.15, -0.1) is 0 Å². The summed E-state index contributed by atoms with van der Waals surface area (Å²) in [4.78, 5) is 4.65. The Morgan fingerprint density at radius 1 is 0.155 bits per heavy atom. The lowest BCUT2D eigenvalue weighted by Crippen LogP contribution is -2.16. The molecule has 0 bridgehead atoms. The Kier molecular flexibility index (Phi) is 20.6. The quantitative estimate of drug-likeness (QED) is 0.114. The van der Waals surface area contributed by atoms with E-state index in [9.17, 15) is 0 Å². The Bertz CT molecular complexity index is 9980. The van der Waals surface area contributed by atoms with E-state index in [1.165, 1.54) is 181 Å². The van der Waals surface area contributed by atoms with Gasteiger partial charge in [0.1, 0.15) is 0 Å². The highest BCUT2D eigenvalue weighted by molar-refractivity contribution is 6.23. The van der Waals surface area contributed by atoms with Gasteiger partial charge >= 0.3 is 0 Å². The number of aryl methyl sites for hydroxylation is 4. The van der Waals surface area contributed by atoms with Crippen LogP contribution in [0.25, 0.3) is 199 Å². The molecule has 0 N–H and O–H groups in total. The number of ether oxygens (including phenoxy) is 2. The number of fused-ring (bicyclic) bond motifs is 21. The summed E-state index contributed by atoms with van der Waals surface area (Å²) in [7, 11) is 0. The molecular weight excluding hydrogens is 1800 g/mol. The molecule has 148 heavy (non-hydrogen) atoms. The summed E-state index contributed by atoms with van der Waals surface area (Å²) in [6, 6.07) is 184. The first-order valence-corrected chi connectivity index (χ1v) is 50.7. The fourth-order valence-corrected chi connectivity index (χ4v) is 23.3. The fraction of sp³-hybridized carbons (Fsp3) is 0.0290. The number of benzene rings is 22. The summed E-state index contributed by atoms with van der Waals surface area (Å²) in [5.74, 6) is 3.47. The maximum absolute atomic E-state index is 6.49. The van der Waals surface area contributed by atoms with Crippen LogP contribution in [0.5, 0.6) is 23.0 Å². The van der Waals surface area contributed by atoms with Crippen molar-refractivity contribution in [3.05, 3.63) is 532 Å². The Morgan fingerprint density at radius 2 is 0.426 bits per heavy atom. The highest BCUT2D eigenvalue weighted by Gasteiger charge is 2.32. The molecule has 700 valence electrons. The van der Waals surface area contributed by atoms with Crippen molar-refractivity contribution >= 4 is 154 Å². The van der Waals surface area contributed by atoms with Crippen LogP contribution in [0.4, 0.5) is 34.1 Å². The molecule has 2 aliphatic rings. The van der Waals surface area contributed by atoms with E-state index in [0.29, 0.717) is 0 Å². The third kappa shape index (κ3) is 14.4. The normalized spacial score (nSPS) is 12.1. The van der Waals surface area contributed by atoms with E-state index in [-0.39, 0.29) is 0 Å². The summed E-state index contributed by atoms with van der Waals surface area (Å²) in [6.07, 6.45) is 0. The van der Waals surface area contributed by atoms with Gasteiger partial charge in [-0.2, -0.15) is 0 Å². The van der Waals surface area contributed by atoms with Gasteiger partial charge in [-0.05, 0) is 300 Å². The number of aromatic nitrogens is 6. The first-order chi connectivity index (χ1) is 73.1. The van der Waals surface area contributed by atoms with Crippen molar-refractivity contribution in [2.75, 3.05) is 9.80 Å². The first-order valence-electron chi connectivity index (χ1n) is 50.7. The minimum atomic E-state index is 0.864. The first kappa shape index (κ1) is 86.5. The molecule has 22 aromatic carbocycles. The zero-order valence-electron chi connectivity index (χ0n) is 81.9. The molecule has 0 atom stereocenters. The van der Waals surface area contributed by atoms with Crippen LogP contribution < -0.4 is 19.3 Å². The number of rotatable bonds is 12. The number of anilines is 6. The van der Waals surface area contributed by atoms with Gasteiger partial charge in [0.2, 0.25) is 0 Å². The standard InChI is InChI=1S/2C46H33N3O.C46H30N2/c1-30-20-23-41-44(26-30)50-45-27-31(2)21-24-42(45)48(41)34-16-11-17-35(28-34)49-39-19-10-9-18-36(39)37-22-25-40-38(46(37)49)29-43(32-12-5-3-6-13-32)47(40)33-14-7-4-8-15-33;1-30-17-24-41-44(27-30)50-45-28-31(2)18-25-42(45)48(41)34-19-21-35(22-20-34)49-39-16-10-9-15-36(39)37-23-26-40-38(46(37)49)29-43(32-11-5-3-6-12-32)47(40)33-13-7-4-8-14-33;1-3-13-31(14-4-1)44-30-41-43(47(44)35-17-5-2-6-18-35)28-27-40-39-21-11-12-22-42(39)48(46(40)41)36-25-23-32(24-26-36)45-37-19-9-7-15-33(37)29-34-16-8-10-20-38(34)45/h2*3-29H,1-2H3;1-30H. The van der Waals surface area contributed by atoms with Crippen LogP contribution in [-0.2, 0) is 0 Å². The van der Waals surface area contributed by atoms with Crippen LogP contribution in [0.3, 0.4) is 0 Å².